The van der Waals surface area contributed by atoms with E-state index in [1.807, 2.05) is 6.92 Å². The van der Waals surface area contributed by atoms with Crippen LogP contribution < -0.4 is 10.1 Å². The van der Waals surface area contributed by atoms with Crippen LogP contribution in [0.3, 0.4) is 0 Å². The van der Waals surface area contributed by atoms with Gasteiger partial charge in [0.25, 0.3) is 0 Å². The third-order valence-electron chi connectivity index (χ3n) is 1.82. The van der Waals surface area contributed by atoms with Crippen LogP contribution in [0.4, 0.5) is 5.69 Å². The van der Waals surface area contributed by atoms with Crippen LogP contribution in [0.5, 0.6) is 5.88 Å². The van der Waals surface area contributed by atoms with Crippen LogP contribution in [0.2, 0.25) is 10.0 Å². The molecule has 0 aliphatic rings. The lowest BCUT2D eigenvalue weighted by molar-refractivity contribution is 0.197. The van der Waals surface area contributed by atoms with Gasteiger partial charge in [-0.1, -0.05) is 30.1 Å². The van der Waals surface area contributed by atoms with Gasteiger partial charge in [-0.3, -0.25) is 0 Å². The molecule has 1 aromatic heterocycles. The second kappa shape index (κ2) is 6.78. The smallest absolute Gasteiger partial charge is 0.234 e. The van der Waals surface area contributed by atoms with Crippen molar-refractivity contribution in [2.24, 2.45) is 0 Å². The number of hydrogen-bond acceptors (Lipinski definition) is 4. The molecule has 6 heteroatoms. The van der Waals surface area contributed by atoms with Crippen molar-refractivity contribution in [1.29, 1.82) is 0 Å². The number of halogens is 2. The number of ether oxygens (including phenoxy) is 1. The number of nitrogens with zero attached hydrogens (tertiary/aromatic N) is 1. The van der Waals surface area contributed by atoms with Crippen LogP contribution >= 0.6 is 23.2 Å². The fourth-order valence-electron chi connectivity index (χ4n) is 1.10. The summed E-state index contributed by atoms with van der Waals surface area (Å²) in [4.78, 5) is 3.95. The highest BCUT2D eigenvalue weighted by Gasteiger charge is 2.12. The second-order valence-electron chi connectivity index (χ2n) is 3.10. The molecule has 1 aromatic rings. The first-order valence-corrected chi connectivity index (χ1v) is 5.77. The van der Waals surface area contributed by atoms with E-state index in [-0.39, 0.29) is 19.1 Å². The Labute approximate surface area is 105 Å². The molecule has 0 aliphatic heterocycles. The van der Waals surface area contributed by atoms with Gasteiger partial charge in [-0.25, -0.2) is 4.98 Å². The number of nitrogens with one attached hydrogen (secondary N) is 1. The molecule has 1 heterocycles. The summed E-state index contributed by atoms with van der Waals surface area (Å²) >= 11 is 12.0. The summed E-state index contributed by atoms with van der Waals surface area (Å²) in [5, 5.41) is 12.5. The number of aliphatic hydroxyl groups is 1. The van der Waals surface area contributed by atoms with Gasteiger partial charge in [0.05, 0.1) is 23.5 Å². The third kappa shape index (κ3) is 3.40. The summed E-state index contributed by atoms with van der Waals surface area (Å²) in [5.41, 5.74) is 0.619. The Morgan fingerprint density at radius 2 is 2.25 bits per heavy atom. The topological polar surface area (TPSA) is 54.4 Å². The maximum atomic E-state index is 8.65. The highest BCUT2D eigenvalue weighted by Crippen LogP contribution is 2.35. The molecule has 90 valence electrons. The summed E-state index contributed by atoms with van der Waals surface area (Å²) < 4.78 is 5.17. The van der Waals surface area contributed by atoms with E-state index in [1.54, 1.807) is 0 Å². The van der Waals surface area contributed by atoms with Gasteiger partial charge < -0.3 is 15.2 Å². The quantitative estimate of drug-likeness (QED) is 0.830. The molecule has 16 heavy (non-hydrogen) atoms. The van der Waals surface area contributed by atoms with Gasteiger partial charge in [-0.05, 0) is 6.42 Å². The molecule has 0 saturated heterocycles. The van der Waals surface area contributed by atoms with Gasteiger partial charge >= 0.3 is 0 Å². The van der Waals surface area contributed by atoms with E-state index in [0.29, 0.717) is 15.7 Å². The van der Waals surface area contributed by atoms with Crippen LogP contribution in [0.25, 0.3) is 0 Å². The van der Waals surface area contributed by atoms with E-state index in [1.165, 1.54) is 6.20 Å². The zero-order valence-electron chi connectivity index (χ0n) is 8.96. The molecule has 0 saturated carbocycles. The molecule has 0 aliphatic carbocycles. The summed E-state index contributed by atoms with van der Waals surface area (Å²) in [6, 6.07) is 0. The SMILES string of the molecule is CCCNc1c(Cl)cnc(OCCO)c1Cl. The van der Waals surface area contributed by atoms with Crippen molar-refractivity contribution in [1.82, 2.24) is 4.98 Å². The normalized spacial score (nSPS) is 10.2. The van der Waals surface area contributed by atoms with E-state index in [9.17, 15) is 0 Å². The van der Waals surface area contributed by atoms with E-state index in [2.05, 4.69) is 10.3 Å². The van der Waals surface area contributed by atoms with Crippen LogP contribution in [0.15, 0.2) is 6.20 Å². The Kier molecular flexibility index (Phi) is 5.66. The number of aromatic nitrogens is 1. The molecule has 4 nitrogen and oxygen atoms in total. The Morgan fingerprint density at radius 1 is 1.50 bits per heavy atom. The van der Waals surface area contributed by atoms with Crippen molar-refractivity contribution >= 4 is 28.9 Å². The van der Waals surface area contributed by atoms with E-state index < -0.39 is 0 Å². The maximum Gasteiger partial charge on any atom is 0.234 e. The second-order valence-corrected chi connectivity index (χ2v) is 3.88. The molecule has 0 atom stereocenters. The van der Waals surface area contributed by atoms with E-state index in [4.69, 9.17) is 33.0 Å². The predicted octanol–water partition coefficient (Wildman–Crippen LogP) is 2.58. The molecule has 1 rings (SSSR count). The summed E-state index contributed by atoms with van der Waals surface area (Å²) in [5.74, 6) is 0.277. The molecule has 0 spiro atoms. The standard InChI is InChI=1S/C10H14Cl2N2O2/c1-2-3-13-9-7(11)6-14-10(8(9)12)16-5-4-15/h6,15H,2-5H2,1H3,(H,13,14). The molecule has 0 radical (unpaired) electrons. The van der Waals surface area contributed by atoms with Crippen LogP contribution in [-0.2, 0) is 0 Å². The van der Waals surface area contributed by atoms with Gasteiger partial charge in [0.15, 0.2) is 0 Å². The molecule has 0 aromatic carbocycles. The number of hydrogen-bond donors (Lipinski definition) is 2. The molecule has 0 unspecified atom stereocenters. The minimum Gasteiger partial charge on any atom is -0.474 e. The summed E-state index contributed by atoms with van der Waals surface area (Å²) in [6.07, 6.45) is 2.43. The molecule has 0 fully saturated rings. The first kappa shape index (κ1) is 13.4. The van der Waals surface area contributed by atoms with Gasteiger partial charge in [0.2, 0.25) is 5.88 Å². The Hall–Kier alpha value is -0.710. The van der Waals surface area contributed by atoms with E-state index in [0.717, 1.165) is 13.0 Å². The van der Waals surface area contributed by atoms with Gasteiger partial charge in [-0.15, -0.1) is 0 Å². The Morgan fingerprint density at radius 3 is 2.88 bits per heavy atom. The van der Waals surface area contributed by atoms with Crippen molar-refractivity contribution in [3.8, 4) is 5.88 Å². The highest BCUT2D eigenvalue weighted by atomic mass is 35.5. The fourth-order valence-corrected chi connectivity index (χ4v) is 1.63. The van der Waals surface area contributed by atoms with Crippen molar-refractivity contribution in [2.75, 3.05) is 25.1 Å². The van der Waals surface area contributed by atoms with Crippen LogP contribution in [0, 0.1) is 0 Å². The largest absolute Gasteiger partial charge is 0.474 e. The number of pyridine rings is 1. The average Bonchev–Trinajstić information content (AvgIpc) is 2.28. The first-order chi connectivity index (χ1) is 7.70. The molecular formula is C10H14Cl2N2O2. The van der Waals surface area contributed by atoms with Crippen molar-refractivity contribution in [3.05, 3.63) is 16.2 Å². The van der Waals surface area contributed by atoms with Crippen molar-refractivity contribution in [3.63, 3.8) is 0 Å². The molecule has 0 bridgehead atoms. The minimum absolute atomic E-state index is 0.0850. The van der Waals surface area contributed by atoms with Gasteiger partial charge in [-0.2, -0.15) is 0 Å². The minimum atomic E-state index is -0.0850. The number of rotatable bonds is 6. The average molecular weight is 265 g/mol. The van der Waals surface area contributed by atoms with Gasteiger partial charge in [0, 0.05) is 6.54 Å². The summed E-state index contributed by atoms with van der Waals surface area (Å²) in [6.45, 7) is 2.88. The molecule has 2 N–H and O–H groups in total. The zero-order valence-corrected chi connectivity index (χ0v) is 10.5. The van der Waals surface area contributed by atoms with Crippen LogP contribution in [-0.4, -0.2) is 29.8 Å². The van der Waals surface area contributed by atoms with E-state index >= 15 is 0 Å². The zero-order chi connectivity index (χ0) is 12.0. The molecular weight excluding hydrogens is 251 g/mol. The molecule has 0 amide bonds. The van der Waals surface area contributed by atoms with Crippen molar-refractivity contribution < 1.29 is 9.84 Å². The van der Waals surface area contributed by atoms with Crippen molar-refractivity contribution in [2.45, 2.75) is 13.3 Å². The Bertz CT molecular complexity index is 348. The maximum absolute atomic E-state index is 8.65. The predicted molar refractivity (Wildman–Crippen MR) is 65.6 cm³/mol. The highest BCUT2D eigenvalue weighted by molar-refractivity contribution is 6.39. The lowest BCUT2D eigenvalue weighted by atomic mass is 10.3. The van der Waals surface area contributed by atoms with Gasteiger partial charge in [0.1, 0.15) is 11.6 Å². The third-order valence-corrected chi connectivity index (χ3v) is 2.46. The fraction of sp³-hybridized carbons (Fsp3) is 0.500. The van der Waals surface area contributed by atoms with Crippen LogP contribution in [0.1, 0.15) is 13.3 Å². The monoisotopic (exact) mass is 264 g/mol. The Balaban J connectivity index is 2.87. The lowest BCUT2D eigenvalue weighted by Crippen LogP contribution is -2.06. The summed E-state index contributed by atoms with van der Waals surface area (Å²) in [7, 11) is 0. The lowest BCUT2D eigenvalue weighted by Gasteiger charge is -2.12. The first-order valence-electron chi connectivity index (χ1n) is 5.02. The number of aliphatic hydroxyl groups excluding tert-OH is 1. The number of anilines is 1.